The molecule has 0 aliphatic carbocycles. The predicted octanol–water partition coefficient (Wildman–Crippen LogP) is 3.74. The highest BCUT2D eigenvalue weighted by molar-refractivity contribution is 5.97. The standard InChI is InChI=1S/C24H28N2O6/c1-7-17-21-16(12-13-25(17)19(22(28)31-6)14-20(27)30-5)15-10-8-9-11-18(15)26(21)23(29)32-24(2,3)4/h7-11,14,17H,1,12-13H2,2-6H3/b19-14+. The summed E-state index contributed by atoms with van der Waals surface area (Å²) in [6.07, 6.45) is 2.73. The molecular weight excluding hydrogens is 412 g/mol. The Bertz CT molecular complexity index is 1110. The maximum absolute atomic E-state index is 13.3. The zero-order valence-corrected chi connectivity index (χ0v) is 19.0. The van der Waals surface area contributed by atoms with E-state index in [0.29, 0.717) is 24.2 Å². The van der Waals surface area contributed by atoms with E-state index in [2.05, 4.69) is 6.58 Å². The van der Waals surface area contributed by atoms with Gasteiger partial charge in [0.25, 0.3) is 0 Å². The molecule has 1 aromatic heterocycles. The molecule has 0 saturated heterocycles. The van der Waals surface area contributed by atoms with Crippen LogP contribution >= 0.6 is 0 Å². The summed E-state index contributed by atoms with van der Waals surface area (Å²) in [5.74, 6) is -1.38. The number of aromatic nitrogens is 1. The second-order valence-electron chi connectivity index (χ2n) is 8.36. The lowest BCUT2D eigenvalue weighted by atomic mass is 9.96. The van der Waals surface area contributed by atoms with Gasteiger partial charge in [-0.1, -0.05) is 24.3 Å². The number of carbonyl (C=O) groups is 3. The SMILES string of the molecule is C=CC1c2c(c3ccccc3n2C(=O)OC(C)(C)C)CCN1/C(=C/C(=O)OC)C(=O)OC. The van der Waals surface area contributed by atoms with Gasteiger partial charge in [-0.05, 0) is 38.8 Å². The number of para-hydroxylation sites is 1. The highest BCUT2D eigenvalue weighted by Crippen LogP contribution is 2.40. The van der Waals surface area contributed by atoms with E-state index in [1.807, 2.05) is 24.3 Å². The Morgan fingerprint density at radius 1 is 1.12 bits per heavy atom. The Labute approximate surface area is 187 Å². The average Bonchev–Trinajstić information content (AvgIpc) is 3.09. The second-order valence-corrected chi connectivity index (χ2v) is 8.36. The number of esters is 2. The zero-order chi connectivity index (χ0) is 23.6. The van der Waals surface area contributed by atoms with Gasteiger partial charge < -0.3 is 19.1 Å². The summed E-state index contributed by atoms with van der Waals surface area (Å²) in [7, 11) is 2.47. The average molecular weight is 440 g/mol. The number of benzene rings is 1. The molecule has 1 aliphatic heterocycles. The van der Waals surface area contributed by atoms with E-state index in [0.717, 1.165) is 17.0 Å². The molecule has 2 aromatic rings. The van der Waals surface area contributed by atoms with Crippen LogP contribution in [0.4, 0.5) is 4.79 Å². The minimum absolute atomic E-state index is 0.0240. The lowest BCUT2D eigenvalue weighted by Crippen LogP contribution is -2.39. The number of rotatable bonds is 4. The number of nitrogens with zero attached hydrogens (tertiary/aromatic N) is 2. The summed E-state index contributed by atoms with van der Waals surface area (Å²) in [4.78, 5) is 39.5. The molecule has 1 unspecified atom stereocenters. The quantitative estimate of drug-likeness (QED) is 0.310. The summed E-state index contributed by atoms with van der Waals surface area (Å²) in [6, 6.07) is 6.98. The van der Waals surface area contributed by atoms with E-state index in [1.165, 1.54) is 18.8 Å². The zero-order valence-electron chi connectivity index (χ0n) is 19.0. The molecular formula is C24H28N2O6. The molecule has 0 spiro atoms. The Balaban J connectivity index is 2.23. The van der Waals surface area contributed by atoms with Crippen molar-refractivity contribution in [1.29, 1.82) is 0 Å². The fourth-order valence-corrected chi connectivity index (χ4v) is 3.97. The molecule has 0 radical (unpaired) electrons. The van der Waals surface area contributed by atoms with E-state index in [1.54, 1.807) is 31.7 Å². The lowest BCUT2D eigenvalue weighted by Gasteiger charge is -2.37. The normalized spacial score (nSPS) is 16.3. The molecule has 0 fully saturated rings. The first kappa shape index (κ1) is 23.1. The number of methoxy groups -OCH3 is 2. The van der Waals surface area contributed by atoms with E-state index < -0.39 is 29.7 Å². The third-order valence-corrected chi connectivity index (χ3v) is 5.20. The molecule has 2 heterocycles. The van der Waals surface area contributed by atoms with Gasteiger partial charge in [-0.3, -0.25) is 0 Å². The highest BCUT2D eigenvalue weighted by atomic mass is 16.6. The van der Waals surface area contributed by atoms with Crippen molar-refractivity contribution in [2.24, 2.45) is 0 Å². The third-order valence-electron chi connectivity index (χ3n) is 5.20. The largest absolute Gasteiger partial charge is 0.466 e. The van der Waals surface area contributed by atoms with Gasteiger partial charge in [0.2, 0.25) is 0 Å². The Morgan fingerprint density at radius 2 is 1.81 bits per heavy atom. The number of hydrogen-bond acceptors (Lipinski definition) is 7. The van der Waals surface area contributed by atoms with Crippen molar-refractivity contribution >= 4 is 28.9 Å². The van der Waals surface area contributed by atoms with Gasteiger partial charge >= 0.3 is 18.0 Å². The first-order valence-electron chi connectivity index (χ1n) is 10.3. The van der Waals surface area contributed by atoms with Crippen LogP contribution in [0.3, 0.4) is 0 Å². The van der Waals surface area contributed by atoms with Gasteiger partial charge in [0.1, 0.15) is 11.3 Å². The molecule has 3 rings (SSSR count). The number of hydrogen-bond donors (Lipinski definition) is 0. The maximum Gasteiger partial charge on any atom is 0.419 e. The number of fused-ring (bicyclic) bond motifs is 3. The van der Waals surface area contributed by atoms with Crippen LogP contribution in [-0.4, -0.2) is 53.9 Å². The van der Waals surface area contributed by atoms with Gasteiger partial charge in [-0.25, -0.2) is 19.0 Å². The fourth-order valence-electron chi connectivity index (χ4n) is 3.97. The van der Waals surface area contributed by atoms with Crippen LogP contribution in [0.1, 0.15) is 38.1 Å². The molecule has 1 atom stereocenters. The molecule has 0 bridgehead atoms. The molecule has 32 heavy (non-hydrogen) atoms. The Morgan fingerprint density at radius 3 is 2.41 bits per heavy atom. The summed E-state index contributed by atoms with van der Waals surface area (Å²) < 4.78 is 16.8. The number of carbonyl (C=O) groups excluding carboxylic acids is 3. The Hall–Kier alpha value is -3.55. The third kappa shape index (κ3) is 4.26. The van der Waals surface area contributed by atoms with Crippen LogP contribution in [0.15, 0.2) is 48.7 Å². The first-order valence-corrected chi connectivity index (χ1v) is 10.3. The van der Waals surface area contributed by atoms with Crippen LogP contribution in [-0.2, 0) is 30.2 Å². The first-order chi connectivity index (χ1) is 15.1. The second kappa shape index (κ2) is 8.90. The van der Waals surface area contributed by atoms with Crippen molar-refractivity contribution in [3.05, 3.63) is 60.0 Å². The molecule has 0 amide bonds. The van der Waals surface area contributed by atoms with Crippen LogP contribution < -0.4 is 0 Å². The van der Waals surface area contributed by atoms with Gasteiger partial charge in [0, 0.05) is 11.9 Å². The molecule has 1 aromatic carbocycles. The van der Waals surface area contributed by atoms with Crippen molar-refractivity contribution in [2.45, 2.75) is 38.8 Å². The van der Waals surface area contributed by atoms with E-state index >= 15 is 0 Å². The number of ether oxygens (including phenoxy) is 3. The van der Waals surface area contributed by atoms with Gasteiger partial charge in [-0.15, -0.1) is 6.58 Å². The monoisotopic (exact) mass is 440 g/mol. The van der Waals surface area contributed by atoms with Crippen LogP contribution in [0.5, 0.6) is 0 Å². The van der Waals surface area contributed by atoms with Gasteiger partial charge in [0.05, 0.1) is 37.5 Å². The van der Waals surface area contributed by atoms with E-state index in [4.69, 9.17) is 14.2 Å². The molecule has 170 valence electrons. The Kier molecular flexibility index (Phi) is 6.43. The highest BCUT2D eigenvalue weighted by Gasteiger charge is 2.37. The van der Waals surface area contributed by atoms with Crippen LogP contribution in [0.2, 0.25) is 0 Å². The molecule has 0 N–H and O–H groups in total. The van der Waals surface area contributed by atoms with E-state index in [-0.39, 0.29) is 5.70 Å². The van der Waals surface area contributed by atoms with Gasteiger partial charge in [-0.2, -0.15) is 0 Å². The molecule has 1 aliphatic rings. The maximum atomic E-state index is 13.3. The fraction of sp³-hybridized carbons (Fsp3) is 0.375. The minimum atomic E-state index is -0.699. The van der Waals surface area contributed by atoms with Gasteiger partial charge in [0.15, 0.2) is 0 Å². The summed E-state index contributed by atoms with van der Waals surface area (Å²) in [5, 5.41) is 0.927. The lowest BCUT2D eigenvalue weighted by molar-refractivity contribution is -0.140. The van der Waals surface area contributed by atoms with Crippen molar-refractivity contribution in [2.75, 3.05) is 20.8 Å². The van der Waals surface area contributed by atoms with Crippen molar-refractivity contribution in [3.8, 4) is 0 Å². The summed E-state index contributed by atoms with van der Waals surface area (Å²) in [5.41, 5.74) is 1.64. The minimum Gasteiger partial charge on any atom is -0.466 e. The smallest absolute Gasteiger partial charge is 0.419 e. The van der Waals surface area contributed by atoms with E-state index in [9.17, 15) is 14.4 Å². The summed E-state index contributed by atoms with van der Waals surface area (Å²) in [6.45, 7) is 9.75. The summed E-state index contributed by atoms with van der Waals surface area (Å²) >= 11 is 0. The molecule has 0 saturated carbocycles. The van der Waals surface area contributed by atoms with Crippen LogP contribution in [0.25, 0.3) is 10.9 Å². The predicted molar refractivity (Wildman–Crippen MR) is 119 cm³/mol. The van der Waals surface area contributed by atoms with Crippen molar-refractivity contribution < 1.29 is 28.6 Å². The van der Waals surface area contributed by atoms with Crippen molar-refractivity contribution in [1.82, 2.24) is 9.47 Å². The molecule has 8 nitrogen and oxygen atoms in total. The topological polar surface area (TPSA) is 87.1 Å². The molecule has 8 heteroatoms. The van der Waals surface area contributed by atoms with Crippen molar-refractivity contribution in [3.63, 3.8) is 0 Å². The van der Waals surface area contributed by atoms with Crippen LogP contribution in [0, 0.1) is 0 Å².